The molecule has 0 saturated heterocycles. The SMILES string of the molecule is CCCOc1ccc(C(O)(CC)C(F)(F)F)cc1OC. The Bertz CT molecular complexity index is 446. The summed E-state index contributed by atoms with van der Waals surface area (Å²) in [6.45, 7) is 3.63. The van der Waals surface area contributed by atoms with Crippen LogP contribution in [0.5, 0.6) is 11.5 Å². The summed E-state index contributed by atoms with van der Waals surface area (Å²) in [7, 11) is 1.34. The summed E-state index contributed by atoms with van der Waals surface area (Å²) in [6, 6.07) is 3.77. The predicted octanol–water partition coefficient (Wildman–Crippen LogP) is 3.64. The first kappa shape index (κ1) is 16.6. The van der Waals surface area contributed by atoms with Crippen LogP contribution in [0.4, 0.5) is 13.2 Å². The van der Waals surface area contributed by atoms with Crippen molar-refractivity contribution in [2.45, 2.75) is 38.5 Å². The molecule has 1 aromatic rings. The van der Waals surface area contributed by atoms with Crippen LogP contribution in [0.2, 0.25) is 0 Å². The quantitative estimate of drug-likeness (QED) is 0.870. The van der Waals surface area contributed by atoms with E-state index in [4.69, 9.17) is 9.47 Å². The van der Waals surface area contributed by atoms with Gasteiger partial charge in [0.25, 0.3) is 0 Å². The van der Waals surface area contributed by atoms with Crippen LogP contribution in [0.3, 0.4) is 0 Å². The van der Waals surface area contributed by atoms with Gasteiger partial charge < -0.3 is 14.6 Å². The first-order chi connectivity index (χ1) is 9.30. The van der Waals surface area contributed by atoms with Crippen molar-refractivity contribution in [3.05, 3.63) is 23.8 Å². The Hall–Kier alpha value is -1.43. The van der Waals surface area contributed by atoms with Crippen LogP contribution < -0.4 is 9.47 Å². The number of benzene rings is 1. The van der Waals surface area contributed by atoms with Gasteiger partial charge in [-0.1, -0.05) is 19.9 Å². The highest BCUT2D eigenvalue weighted by Gasteiger charge is 2.53. The third kappa shape index (κ3) is 3.17. The predicted molar refractivity (Wildman–Crippen MR) is 69.0 cm³/mol. The van der Waals surface area contributed by atoms with E-state index in [2.05, 4.69) is 0 Å². The molecule has 3 nitrogen and oxygen atoms in total. The zero-order chi connectivity index (χ0) is 15.4. The molecule has 0 bridgehead atoms. The molecular formula is C14H19F3O3. The van der Waals surface area contributed by atoms with Crippen LogP contribution in [0.1, 0.15) is 32.3 Å². The summed E-state index contributed by atoms with van der Waals surface area (Å²) in [4.78, 5) is 0. The van der Waals surface area contributed by atoms with Crippen molar-refractivity contribution < 1.29 is 27.8 Å². The summed E-state index contributed by atoms with van der Waals surface area (Å²) in [5.41, 5.74) is -3.14. The van der Waals surface area contributed by atoms with Crippen LogP contribution >= 0.6 is 0 Å². The Morgan fingerprint density at radius 3 is 2.25 bits per heavy atom. The van der Waals surface area contributed by atoms with Crippen LogP contribution in [0.15, 0.2) is 18.2 Å². The van der Waals surface area contributed by atoms with E-state index in [0.29, 0.717) is 12.4 Å². The Balaban J connectivity index is 3.20. The number of halogens is 3. The van der Waals surface area contributed by atoms with Crippen molar-refractivity contribution >= 4 is 0 Å². The molecule has 0 saturated carbocycles. The maximum absolute atomic E-state index is 13.0. The molecule has 0 heterocycles. The second kappa shape index (κ2) is 6.35. The van der Waals surface area contributed by atoms with E-state index in [1.165, 1.54) is 32.2 Å². The second-order valence-electron chi connectivity index (χ2n) is 4.43. The number of methoxy groups -OCH3 is 1. The molecule has 1 rings (SSSR count). The minimum absolute atomic E-state index is 0.173. The van der Waals surface area contributed by atoms with Crippen molar-refractivity contribution in [2.24, 2.45) is 0 Å². The zero-order valence-corrected chi connectivity index (χ0v) is 11.8. The van der Waals surface area contributed by atoms with E-state index in [0.717, 1.165) is 6.42 Å². The lowest BCUT2D eigenvalue weighted by Crippen LogP contribution is -2.41. The molecule has 1 unspecified atom stereocenters. The number of ether oxygens (including phenoxy) is 2. The van der Waals surface area contributed by atoms with Gasteiger partial charge in [-0.25, -0.2) is 0 Å². The minimum Gasteiger partial charge on any atom is -0.493 e. The maximum atomic E-state index is 13.0. The summed E-state index contributed by atoms with van der Waals surface area (Å²) in [6.07, 6.45) is -4.46. The van der Waals surface area contributed by atoms with Crippen LogP contribution in [0, 0.1) is 0 Å². The molecule has 0 aliphatic rings. The average molecular weight is 292 g/mol. The fraction of sp³-hybridized carbons (Fsp3) is 0.571. The fourth-order valence-corrected chi connectivity index (χ4v) is 1.82. The number of aliphatic hydroxyl groups is 1. The Labute approximate surface area is 116 Å². The van der Waals surface area contributed by atoms with E-state index in [1.807, 2.05) is 6.92 Å². The summed E-state index contributed by atoms with van der Waals surface area (Å²) in [5, 5.41) is 9.89. The van der Waals surface area contributed by atoms with Crippen LogP contribution in [-0.2, 0) is 5.60 Å². The molecule has 0 aliphatic heterocycles. The molecule has 20 heavy (non-hydrogen) atoms. The van der Waals surface area contributed by atoms with Gasteiger partial charge in [-0.05, 0) is 30.5 Å². The van der Waals surface area contributed by atoms with Crippen molar-refractivity contribution in [2.75, 3.05) is 13.7 Å². The van der Waals surface area contributed by atoms with Crippen molar-refractivity contribution in [3.8, 4) is 11.5 Å². The molecule has 1 aromatic carbocycles. The molecule has 0 radical (unpaired) electrons. The Morgan fingerprint density at radius 1 is 1.15 bits per heavy atom. The number of hydrogen-bond donors (Lipinski definition) is 1. The van der Waals surface area contributed by atoms with E-state index in [9.17, 15) is 18.3 Å². The van der Waals surface area contributed by atoms with Crippen molar-refractivity contribution in [1.82, 2.24) is 0 Å². The van der Waals surface area contributed by atoms with Gasteiger partial charge >= 0.3 is 6.18 Å². The van der Waals surface area contributed by atoms with Gasteiger partial charge in [0, 0.05) is 0 Å². The van der Waals surface area contributed by atoms with Gasteiger partial charge in [0.05, 0.1) is 13.7 Å². The highest BCUT2D eigenvalue weighted by atomic mass is 19.4. The fourth-order valence-electron chi connectivity index (χ4n) is 1.82. The van der Waals surface area contributed by atoms with Crippen LogP contribution in [0.25, 0.3) is 0 Å². The zero-order valence-electron chi connectivity index (χ0n) is 11.8. The Morgan fingerprint density at radius 2 is 1.80 bits per heavy atom. The molecule has 0 fully saturated rings. The van der Waals surface area contributed by atoms with Gasteiger partial charge in [-0.2, -0.15) is 13.2 Å². The number of rotatable bonds is 6. The molecule has 0 amide bonds. The standard InChI is InChI=1S/C14H19F3O3/c1-4-8-20-11-7-6-10(9-12(11)19-3)13(18,5-2)14(15,16)17/h6-7,9,18H,4-5,8H2,1-3H3. The minimum atomic E-state index is -4.75. The number of hydrogen-bond acceptors (Lipinski definition) is 3. The van der Waals surface area contributed by atoms with E-state index < -0.39 is 18.2 Å². The van der Waals surface area contributed by atoms with Gasteiger partial charge in [0.15, 0.2) is 17.1 Å². The normalized spacial score (nSPS) is 14.8. The number of alkyl halides is 3. The first-order valence-corrected chi connectivity index (χ1v) is 6.40. The molecule has 0 aliphatic carbocycles. The molecule has 1 atom stereocenters. The molecule has 114 valence electrons. The highest BCUT2D eigenvalue weighted by molar-refractivity contribution is 5.45. The second-order valence-corrected chi connectivity index (χ2v) is 4.43. The molecule has 1 N–H and O–H groups in total. The molecule has 0 aromatic heterocycles. The molecular weight excluding hydrogens is 273 g/mol. The average Bonchev–Trinajstić information content (AvgIpc) is 2.42. The third-order valence-electron chi connectivity index (χ3n) is 3.08. The van der Waals surface area contributed by atoms with Crippen LogP contribution in [-0.4, -0.2) is 25.0 Å². The van der Waals surface area contributed by atoms with Gasteiger partial charge in [0.2, 0.25) is 0 Å². The maximum Gasteiger partial charge on any atom is 0.421 e. The summed E-state index contributed by atoms with van der Waals surface area (Å²) < 4.78 is 49.4. The smallest absolute Gasteiger partial charge is 0.421 e. The largest absolute Gasteiger partial charge is 0.493 e. The van der Waals surface area contributed by atoms with Crippen molar-refractivity contribution in [3.63, 3.8) is 0 Å². The topological polar surface area (TPSA) is 38.7 Å². The van der Waals surface area contributed by atoms with E-state index in [-0.39, 0.29) is 11.3 Å². The van der Waals surface area contributed by atoms with Crippen molar-refractivity contribution in [1.29, 1.82) is 0 Å². The summed E-state index contributed by atoms with van der Waals surface area (Å²) in [5.74, 6) is 0.533. The lowest BCUT2D eigenvalue weighted by Gasteiger charge is -2.30. The van der Waals surface area contributed by atoms with Gasteiger partial charge in [-0.3, -0.25) is 0 Å². The lowest BCUT2D eigenvalue weighted by atomic mass is 9.90. The Kier molecular flexibility index (Phi) is 5.28. The molecule has 0 spiro atoms. The van der Waals surface area contributed by atoms with E-state index >= 15 is 0 Å². The monoisotopic (exact) mass is 292 g/mol. The van der Waals surface area contributed by atoms with Gasteiger partial charge in [-0.15, -0.1) is 0 Å². The van der Waals surface area contributed by atoms with Gasteiger partial charge in [0.1, 0.15) is 0 Å². The third-order valence-corrected chi connectivity index (χ3v) is 3.08. The highest BCUT2D eigenvalue weighted by Crippen LogP contribution is 2.43. The lowest BCUT2D eigenvalue weighted by molar-refractivity contribution is -0.267. The molecule has 6 heteroatoms. The first-order valence-electron chi connectivity index (χ1n) is 6.40. The summed E-state index contributed by atoms with van der Waals surface area (Å²) >= 11 is 0. The van der Waals surface area contributed by atoms with E-state index in [1.54, 1.807) is 0 Å².